The minimum atomic E-state index is -0.0305. The van der Waals surface area contributed by atoms with E-state index in [1.54, 1.807) is 6.92 Å². The van der Waals surface area contributed by atoms with E-state index in [1.165, 1.54) is 11.8 Å². The SMILES string of the molecule is C=CCn1c(SC(C)c2nnc(C)o2)nnc1-c1ccc(Cl)cc1. The van der Waals surface area contributed by atoms with Gasteiger partial charge in [0.25, 0.3) is 0 Å². The van der Waals surface area contributed by atoms with Gasteiger partial charge >= 0.3 is 0 Å². The first-order chi connectivity index (χ1) is 11.6. The first-order valence-electron chi connectivity index (χ1n) is 7.35. The number of aromatic nitrogens is 5. The van der Waals surface area contributed by atoms with E-state index in [1.807, 2.05) is 41.8 Å². The summed E-state index contributed by atoms with van der Waals surface area (Å²) in [6, 6.07) is 7.51. The van der Waals surface area contributed by atoms with E-state index >= 15 is 0 Å². The molecule has 0 saturated carbocycles. The predicted octanol–water partition coefficient (Wildman–Crippen LogP) is 4.33. The number of nitrogens with zero attached hydrogens (tertiary/aromatic N) is 5. The quantitative estimate of drug-likeness (QED) is 0.480. The van der Waals surface area contributed by atoms with Gasteiger partial charge in [-0.3, -0.25) is 4.57 Å². The molecule has 24 heavy (non-hydrogen) atoms. The van der Waals surface area contributed by atoms with Gasteiger partial charge in [-0.2, -0.15) is 0 Å². The summed E-state index contributed by atoms with van der Waals surface area (Å²) in [6.45, 7) is 8.18. The van der Waals surface area contributed by atoms with Gasteiger partial charge in [0.15, 0.2) is 11.0 Å². The average Bonchev–Trinajstić information content (AvgIpc) is 3.16. The molecule has 6 nitrogen and oxygen atoms in total. The van der Waals surface area contributed by atoms with Gasteiger partial charge in [-0.15, -0.1) is 27.0 Å². The molecule has 0 radical (unpaired) electrons. The zero-order chi connectivity index (χ0) is 17.1. The van der Waals surface area contributed by atoms with E-state index in [0.717, 1.165) is 16.5 Å². The van der Waals surface area contributed by atoms with Crippen molar-refractivity contribution in [2.24, 2.45) is 0 Å². The van der Waals surface area contributed by atoms with Crippen molar-refractivity contribution in [3.8, 4) is 11.4 Å². The second-order valence-electron chi connectivity index (χ2n) is 5.13. The van der Waals surface area contributed by atoms with Gasteiger partial charge in [0.05, 0.1) is 5.25 Å². The van der Waals surface area contributed by atoms with Crippen LogP contribution in [0.1, 0.15) is 24.0 Å². The number of rotatable bonds is 6. The Labute approximate surface area is 149 Å². The highest BCUT2D eigenvalue weighted by Gasteiger charge is 2.20. The molecule has 2 aromatic heterocycles. The molecule has 0 spiro atoms. The molecular formula is C16H16ClN5OS. The second-order valence-corrected chi connectivity index (χ2v) is 6.88. The van der Waals surface area contributed by atoms with Crippen LogP contribution < -0.4 is 0 Å². The summed E-state index contributed by atoms with van der Waals surface area (Å²) in [6.07, 6.45) is 1.81. The summed E-state index contributed by atoms with van der Waals surface area (Å²) in [5, 5.41) is 18.0. The molecule has 3 rings (SSSR count). The van der Waals surface area contributed by atoms with Gasteiger partial charge in [0, 0.05) is 24.1 Å². The van der Waals surface area contributed by atoms with Crippen LogP contribution in [0.25, 0.3) is 11.4 Å². The lowest BCUT2D eigenvalue weighted by Gasteiger charge is -2.10. The maximum atomic E-state index is 5.96. The van der Waals surface area contributed by atoms with Crippen LogP contribution in [-0.2, 0) is 6.54 Å². The Balaban J connectivity index is 1.90. The van der Waals surface area contributed by atoms with Crippen molar-refractivity contribution in [2.75, 3.05) is 0 Å². The fourth-order valence-electron chi connectivity index (χ4n) is 2.17. The lowest BCUT2D eigenvalue weighted by Crippen LogP contribution is -2.01. The summed E-state index contributed by atoms with van der Waals surface area (Å²) in [5.74, 6) is 1.88. The summed E-state index contributed by atoms with van der Waals surface area (Å²) in [7, 11) is 0. The Morgan fingerprint density at radius 3 is 2.62 bits per heavy atom. The number of hydrogen-bond acceptors (Lipinski definition) is 6. The van der Waals surface area contributed by atoms with Crippen LogP contribution in [0.4, 0.5) is 0 Å². The van der Waals surface area contributed by atoms with Gasteiger partial charge < -0.3 is 4.42 Å². The summed E-state index contributed by atoms with van der Waals surface area (Å²) >= 11 is 7.47. The molecule has 0 bridgehead atoms. The Hall–Kier alpha value is -2.12. The number of thioether (sulfide) groups is 1. The van der Waals surface area contributed by atoms with Crippen molar-refractivity contribution in [1.82, 2.24) is 25.0 Å². The molecule has 0 saturated heterocycles. The summed E-state index contributed by atoms with van der Waals surface area (Å²) in [5.41, 5.74) is 0.946. The highest BCUT2D eigenvalue weighted by Crippen LogP contribution is 2.34. The molecule has 8 heteroatoms. The molecular weight excluding hydrogens is 346 g/mol. The molecule has 1 unspecified atom stereocenters. The summed E-state index contributed by atoms with van der Waals surface area (Å²) in [4.78, 5) is 0. The second kappa shape index (κ2) is 7.19. The molecule has 0 aliphatic carbocycles. The van der Waals surface area contributed by atoms with E-state index in [-0.39, 0.29) is 5.25 Å². The van der Waals surface area contributed by atoms with Gasteiger partial charge in [-0.1, -0.05) is 29.4 Å². The molecule has 3 aromatic rings. The number of hydrogen-bond donors (Lipinski definition) is 0. The number of allylic oxidation sites excluding steroid dienone is 1. The van der Waals surface area contributed by atoms with Crippen LogP contribution in [0.15, 0.2) is 46.5 Å². The van der Waals surface area contributed by atoms with Gasteiger partial charge in [-0.25, -0.2) is 0 Å². The average molecular weight is 362 g/mol. The van der Waals surface area contributed by atoms with Crippen LogP contribution >= 0.6 is 23.4 Å². The van der Waals surface area contributed by atoms with Crippen LogP contribution in [0.3, 0.4) is 0 Å². The zero-order valence-electron chi connectivity index (χ0n) is 13.3. The van der Waals surface area contributed by atoms with Crippen molar-refractivity contribution >= 4 is 23.4 Å². The predicted molar refractivity (Wildman–Crippen MR) is 94.0 cm³/mol. The fraction of sp³-hybridized carbons (Fsp3) is 0.250. The molecule has 1 aromatic carbocycles. The third-order valence-electron chi connectivity index (χ3n) is 3.30. The Bertz CT molecular complexity index is 843. The molecule has 0 fully saturated rings. The van der Waals surface area contributed by atoms with E-state index < -0.39 is 0 Å². The Morgan fingerprint density at radius 2 is 2.00 bits per heavy atom. The van der Waals surface area contributed by atoms with Crippen molar-refractivity contribution in [3.63, 3.8) is 0 Å². The zero-order valence-corrected chi connectivity index (χ0v) is 14.9. The highest BCUT2D eigenvalue weighted by atomic mass is 35.5. The van der Waals surface area contributed by atoms with E-state index in [9.17, 15) is 0 Å². The van der Waals surface area contributed by atoms with Crippen LogP contribution in [0.2, 0.25) is 5.02 Å². The molecule has 1 atom stereocenters. The van der Waals surface area contributed by atoms with Crippen LogP contribution in [-0.4, -0.2) is 25.0 Å². The first-order valence-corrected chi connectivity index (χ1v) is 8.61. The molecule has 0 aliphatic heterocycles. The minimum absolute atomic E-state index is 0.0305. The maximum Gasteiger partial charge on any atom is 0.229 e. The molecule has 0 N–H and O–H groups in total. The van der Waals surface area contributed by atoms with Crippen LogP contribution in [0, 0.1) is 6.92 Å². The Kier molecular flexibility index (Phi) is 5.01. The van der Waals surface area contributed by atoms with Gasteiger partial charge in [0.1, 0.15) is 0 Å². The van der Waals surface area contributed by atoms with E-state index in [2.05, 4.69) is 27.0 Å². The van der Waals surface area contributed by atoms with E-state index in [4.69, 9.17) is 16.0 Å². The number of benzene rings is 1. The monoisotopic (exact) mass is 361 g/mol. The summed E-state index contributed by atoms with van der Waals surface area (Å²) < 4.78 is 7.49. The third-order valence-corrected chi connectivity index (χ3v) is 4.62. The van der Waals surface area contributed by atoms with Gasteiger partial charge in [-0.05, 0) is 31.2 Å². The highest BCUT2D eigenvalue weighted by molar-refractivity contribution is 7.99. The Morgan fingerprint density at radius 1 is 1.25 bits per heavy atom. The number of aryl methyl sites for hydroxylation is 1. The largest absolute Gasteiger partial charge is 0.424 e. The van der Waals surface area contributed by atoms with Crippen molar-refractivity contribution < 1.29 is 4.42 Å². The lowest BCUT2D eigenvalue weighted by atomic mass is 10.2. The smallest absolute Gasteiger partial charge is 0.229 e. The minimum Gasteiger partial charge on any atom is -0.424 e. The fourth-order valence-corrected chi connectivity index (χ4v) is 3.18. The number of halogens is 1. The first kappa shape index (κ1) is 16.7. The van der Waals surface area contributed by atoms with E-state index in [0.29, 0.717) is 23.3 Å². The molecule has 124 valence electrons. The van der Waals surface area contributed by atoms with Crippen molar-refractivity contribution in [1.29, 1.82) is 0 Å². The van der Waals surface area contributed by atoms with Crippen molar-refractivity contribution in [3.05, 3.63) is 53.7 Å². The topological polar surface area (TPSA) is 69.6 Å². The normalized spacial score (nSPS) is 12.3. The molecule has 2 heterocycles. The van der Waals surface area contributed by atoms with Gasteiger partial charge in [0.2, 0.25) is 11.8 Å². The third kappa shape index (κ3) is 3.52. The van der Waals surface area contributed by atoms with Crippen LogP contribution in [0.5, 0.6) is 0 Å². The molecule has 0 aliphatic rings. The van der Waals surface area contributed by atoms with Crippen molar-refractivity contribution in [2.45, 2.75) is 30.8 Å². The maximum absolute atomic E-state index is 5.96. The lowest BCUT2D eigenvalue weighted by molar-refractivity contribution is 0.470. The molecule has 0 amide bonds. The standard InChI is InChI=1S/C16H16ClN5OS/c1-4-9-22-14(12-5-7-13(17)8-6-12)19-21-16(22)24-10(2)15-20-18-11(3)23-15/h4-8,10H,1,9H2,2-3H3.